The lowest BCUT2D eigenvalue weighted by Crippen LogP contribution is -1.95. The number of benzene rings is 1. The average Bonchev–Trinajstić information content (AvgIpc) is 2.78. The first-order valence-corrected chi connectivity index (χ1v) is 6.91. The number of thioether (sulfide) groups is 1. The summed E-state index contributed by atoms with van der Waals surface area (Å²) in [6.07, 6.45) is 0. The van der Waals surface area contributed by atoms with Gasteiger partial charge in [-0.05, 0) is 31.2 Å². The van der Waals surface area contributed by atoms with Gasteiger partial charge in [-0.15, -0.1) is 10.2 Å². The Kier molecular flexibility index (Phi) is 4.27. The molecule has 1 aromatic carbocycles. The molecular formula is C14H17N3OS. The van der Waals surface area contributed by atoms with Crippen molar-refractivity contribution in [1.29, 1.82) is 0 Å². The van der Waals surface area contributed by atoms with E-state index in [1.165, 1.54) is 0 Å². The van der Waals surface area contributed by atoms with E-state index in [-0.39, 0.29) is 0 Å². The molecule has 0 N–H and O–H groups in total. The Morgan fingerprint density at radius 3 is 2.58 bits per heavy atom. The Morgan fingerprint density at radius 2 is 2.00 bits per heavy atom. The Morgan fingerprint density at radius 1 is 1.32 bits per heavy atom. The van der Waals surface area contributed by atoms with Crippen LogP contribution in [0.3, 0.4) is 0 Å². The number of rotatable bonds is 5. The lowest BCUT2D eigenvalue weighted by molar-refractivity contribution is 0.415. The second-order valence-electron chi connectivity index (χ2n) is 4.34. The molecule has 0 aliphatic heterocycles. The summed E-state index contributed by atoms with van der Waals surface area (Å²) < 4.78 is 7.14. The molecule has 0 amide bonds. The number of hydrogen-bond donors (Lipinski definition) is 0. The fourth-order valence-electron chi connectivity index (χ4n) is 1.62. The smallest absolute Gasteiger partial charge is 0.191 e. The van der Waals surface area contributed by atoms with Crippen LogP contribution in [0.25, 0.3) is 11.4 Å². The highest BCUT2D eigenvalue weighted by Crippen LogP contribution is 2.24. The SMILES string of the molecule is C=C(C)CSc1nnc(-c2ccc(OC)cc2)n1C. The lowest BCUT2D eigenvalue weighted by Gasteiger charge is -2.04. The highest BCUT2D eigenvalue weighted by Gasteiger charge is 2.11. The van der Waals surface area contributed by atoms with Gasteiger partial charge in [0.15, 0.2) is 11.0 Å². The number of hydrogen-bond acceptors (Lipinski definition) is 4. The molecular weight excluding hydrogens is 258 g/mol. The second kappa shape index (κ2) is 5.93. The third-order valence-electron chi connectivity index (χ3n) is 2.63. The fraction of sp³-hybridized carbons (Fsp3) is 0.286. The van der Waals surface area contributed by atoms with Gasteiger partial charge in [0, 0.05) is 18.4 Å². The van der Waals surface area contributed by atoms with E-state index < -0.39 is 0 Å². The zero-order valence-electron chi connectivity index (χ0n) is 11.4. The molecule has 4 nitrogen and oxygen atoms in total. The molecule has 2 aromatic rings. The van der Waals surface area contributed by atoms with Crippen molar-refractivity contribution in [3.05, 3.63) is 36.4 Å². The van der Waals surface area contributed by atoms with Crippen molar-refractivity contribution in [2.24, 2.45) is 7.05 Å². The molecule has 2 rings (SSSR count). The van der Waals surface area contributed by atoms with Crippen molar-refractivity contribution in [1.82, 2.24) is 14.8 Å². The average molecular weight is 275 g/mol. The van der Waals surface area contributed by atoms with Crippen LogP contribution in [-0.4, -0.2) is 27.6 Å². The van der Waals surface area contributed by atoms with Crippen LogP contribution in [0.15, 0.2) is 41.6 Å². The number of methoxy groups -OCH3 is 1. The van der Waals surface area contributed by atoms with Crippen LogP contribution in [0.1, 0.15) is 6.92 Å². The molecule has 0 saturated carbocycles. The molecule has 0 unspecified atom stereocenters. The highest BCUT2D eigenvalue weighted by atomic mass is 32.2. The van der Waals surface area contributed by atoms with Crippen LogP contribution in [0, 0.1) is 0 Å². The molecule has 0 fully saturated rings. The van der Waals surface area contributed by atoms with Gasteiger partial charge in [-0.1, -0.05) is 23.9 Å². The second-order valence-corrected chi connectivity index (χ2v) is 5.28. The maximum atomic E-state index is 5.15. The zero-order valence-corrected chi connectivity index (χ0v) is 12.2. The molecule has 1 heterocycles. The van der Waals surface area contributed by atoms with Gasteiger partial charge in [0.2, 0.25) is 0 Å². The molecule has 100 valence electrons. The molecule has 19 heavy (non-hydrogen) atoms. The van der Waals surface area contributed by atoms with E-state index in [1.54, 1.807) is 18.9 Å². The topological polar surface area (TPSA) is 39.9 Å². The van der Waals surface area contributed by atoms with Crippen molar-refractivity contribution in [2.75, 3.05) is 12.9 Å². The molecule has 1 aromatic heterocycles. The van der Waals surface area contributed by atoms with Gasteiger partial charge in [0.05, 0.1) is 7.11 Å². The number of nitrogens with zero attached hydrogens (tertiary/aromatic N) is 3. The molecule has 0 spiro atoms. The fourth-order valence-corrected chi connectivity index (χ4v) is 2.37. The zero-order chi connectivity index (χ0) is 13.8. The summed E-state index contributed by atoms with van der Waals surface area (Å²) in [5, 5.41) is 9.35. The summed E-state index contributed by atoms with van der Waals surface area (Å²) in [6, 6.07) is 7.81. The summed E-state index contributed by atoms with van der Waals surface area (Å²) in [6.45, 7) is 5.90. The van der Waals surface area contributed by atoms with Crippen molar-refractivity contribution in [2.45, 2.75) is 12.1 Å². The largest absolute Gasteiger partial charge is 0.497 e. The minimum absolute atomic E-state index is 0.836. The predicted octanol–water partition coefficient (Wildman–Crippen LogP) is 3.16. The Hall–Kier alpha value is -1.75. The van der Waals surface area contributed by atoms with Crippen molar-refractivity contribution >= 4 is 11.8 Å². The summed E-state index contributed by atoms with van der Waals surface area (Å²) in [7, 11) is 3.63. The van der Waals surface area contributed by atoms with E-state index in [1.807, 2.05) is 42.8 Å². The van der Waals surface area contributed by atoms with E-state index in [0.717, 1.165) is 33.6 Å². The van der Waals surface area contributed by atoms with Crippen LogP contribution in [0.4, 0.5) is 0 Å². The van der Waals surface area contributed by atoms with Crippen LogP contribution in [-0.2, 0) is 7.05 Å². The molecule has 0 saturated heterocycles. The Labute approximate surface area is 117 Å². The van der Waals surface area contributed by atoms with E-state index in [9.17, 15) is 0 Å². The molecule has 0 aliphatic rings. The van der Waals surface area contributed by atoms with Crippen molar-refractivity contribution in [3.8, 4) is 17.1 Å². The molecule has 0 radical (unpaired) electrons. The Balaban J connectivity index is 2.22. The summed E-state index contributed by atoms with van der Waals surface area (Å²) in [5.41, 5.74) is 2.15. The monoisotopic (exact) mass is 275 g/mol. The maximum Gasteiger partial charge on any atom is 0.191 e. The molecule has 0 atom stereocenters. The van der Waals surface area contributed by atoms with E-state index in [4.69, 9.17) is 4.74 Å². The van der Waals surface area contributed by atoms with Gasteiger partial charge in [0.25, 0.3) is 0 Å². The highest BCUT2D eigenvalue weighted by molar-refractivity contribution is 7.99. The molecule has 0 bridgehead atoms. The third-order valence-corrected chi connectivity index (χ3v) is 3.88. The van der Waals surface area contributed by atoms with Gasteiger partial charge in [-0.2, -0.15) is 0 Å². The number of aromatic nitrogens is 3. The Bertz CT molecular complexity index is 575. The van der Waals surface area contributed by atoms with Gasteiger partial charge < -0.3 is 9.30 Å². The minimum Gasteiger partial charge on any atom is -0.497 e. The summed E-state index contributed by atoms with van der Waals surface area (Å²) >= 11 is 1.64. The first kappa shape index (κ1) is 13.7. The van der Waals surface area contributed by atoms with Gasteiger partial charge in [-0.3, -0.25) is 0 Å². The van der Waals surface area contributed by atoms with Crippen molar-refractivity contribution in [3.63, 3.8) is 0 Å². The first-order valence-electron chi connectivity index (χ1n) is 5.93. The maximum absolute atomic E-state index is 5.15. The van der Waals surface area contributed by atoms with Gasteiger partial charge in [0.1, 0.15) is 5.75 Å². The quantitative estimate of drug-likeness (QED) is 0.621. The van der Waals surface area contributed by atoms with Crippen LogP contribution in [0.5, 0.6) is 5.75 Å². The standard InChI is InChI=1S/C14H17N3OS/c1-10(2)9-19-14-16-15-13(17(14)3)11-5-7-12(18-4)8-6-11/h5-8H,1,9H2,2-4H3. The van der Waals surface area contributed by atoms with Crippen molar-refractivity contribution < 1.29 is 4.74 Å². The lowest BCUT2D eigenvalue weighted by atomic mass is 10.2. The molecule has 5 heteroatoms. The van der Waals surface area contributed by atoms with Gasteiger partial charge >= 0.3 is 0 Å². The van der Waals surface area contributed by atoms with E-state index in [0.29, 0.717) is 0 Å². The van der Waals surface area contributed by atoms with E-state index in [2.05, 4.69) is 16.8 Å². The normalized spacial score (nSPS) is 10.5. The predicted molar refractivity (Wildman–Crippen MR) is 78.5 cm³/mol. The third kappa shape index (κ3) is 3.17. The van der Waals surface area contributed by atoms with Crippen LogP contribution in [0.2, 0.25) is 0 Å². The van der Waals surface area contributed by atoms with Crippen LogP contribution < -0.4 is 4.74 Å². The van der Waals surface area contributed by atoms with E-state index >= 15 is 0 Å². The summed E-state index contributed by atoms with van der Waals surface area (Å²) in [5.74, 6) is 2.55. The number of ether oxygens (including phenoxy) is 1. The van der Waals surface area contributed by atoms with Gasteiger partial charge in [-0.25, -0.2) is 0 Å². The molecule has 0 aliphatic carbocycles. The first-order chi connectivity index (χ1) is 9.11. The minimum atomic E-state index is 0.836. The van der Waals surface area contributed by atoms with Crippen LogP contribution >= 0.6 is 11.8 Å². The summed E-state index contributed by atoms with van der Waals surface area (Å²) in [4.78, 5) is 0.